The molecule has 0 saturated carbocycles. The first-order chi connectivity index (χ1) is 6.99. The zero-order valence-corrected chi connectivity index (χ0v) is 11.5. The fourth-order valence-electron chi connectivity index (χ4n) is 2.12. The van der Waals surface area contributed by atoms with Gasteiger partial charge in [0.25, 0.3) is 0 Å². The predicted octanol–water partition coefficient (Wildman–Crippen LogP) is 4.37. The van der Waals surface area contributed by atoms with Crippen molar-refractivity contribution in [3.8, 4) is 0 Å². The van der Waals surface area contributed by atoms with Gasteiger partial charge in [-0.2, -0.15) is 0 Å². The van der Waals surface area contributed by atoms with E-state index in [1.54, 1.807) is 0 Å². The van der Waals surface area contributed by atoms with Crippen molar-refractivity contribution >= 4 is 0 Å². The van der Waals surface area contributed by atoms with Crippen LogP contribution >= 0.6 is 0 Å². The highest BCUT2D eigenvalue weighted by atomic mass is 14.9. The van der Waals surface area contributed by atoms with Crippen LogP contribution in [0.5, 0.6) is 0 Å². The quantitative estimate of drug-likeness (QED) is 0.590. The standard InChI is InChI=1S/C14H31N/c1-6-8-9-10-11-13(15-7-2)12-14(3,4)5/h13,15H,6-12H2,1-5H3. The molecule has 0 aromatic carbocycles. The molecule has 0 aliphatic rings. The summed E-state index contributed by atoms with van der Waals surface area (Å²) in [6.07, 6.45) is 8.18. The maximum absolute atomic E-state index is 3.62. The molecule has 0 spiro atoms. The molecule has 0 radical (unpaired) electrons. The second kappa shape index (κ2) is 8.15. The molecule has 0 heterocycles. The Labute approximate surface area is 97.0 Å². The van der Waals surface area contributed by atoms with Crippen molar-refractivity contribution in [2.24, 2.45) is 5.41 Å². The first-order valence-electron chi connectivity index (χ1n) is 6.73. The first kappa shape index (κ1) is 15.0. The van der Waals surface area contributed by atoms with E-state index in [4.69, 9.17) is 0 Å². The normalized spacial score (nSPS) is 14.2. The molecular weight excluding hydrogens is 182 g/mol. The lowest BCUT2D eigenvalue weighted by Gasteiger charge is -2.26. The summed E-state index contributed by atoms with van der Waals surface area (Å²) in [6.45, 7) is 12.6. The van der Waals surface area contributed by atoms with E-state index < -0.39 is 0 Å². The molecule has 0 aliphatic carbocycles. The Hall–Kier alpha value is -0.0400. The molecule has 0 fully saturated rings. The second-order valence-electron chi connectivity index (χ2n) is 5.87. The van der Waals surface area contributed by atoms with E-state index in [-0.39, 0.29) is 0 Å². The van der Waals surface area contributed by atoms with Gasteiger partial charge in [-0.05, 0) is 24.8 Å². The molecule has 0 amide bonds. The van der Waals surface area contributed by atoms with Gasteiger partial charge in [-0.25, -0.2) is 0 Å². The van der Waals surface area contributed by atoms with Crippen molar-refractivity contribution in [3.63, 3.8) is 0 Å². The fraction of sp³-hybridized carbons (Fsp3) is 1.00. The molecule has 15 heavy (non-hydrogen) atoms. The highest BCUT2D eigenvalue weighted by Crippen LogP contribution is 2.23. The number of hydrogen-bond acceptors (Lipinski definition) is 1. The lowest BCUT2D eigenvalue weighted by Crippen LogP contribution is -2.32. The number of hydrogen-bond donors (Lipinski definition) is 1. The van der Waals surface area contributed by atoms with E-state index in [0.29, 0.717) is 5.41 Å². The summed E-state index contributed by atoms with van der Waals surface area (Å²) in [5, 5.41) is 3.62. The van der Waals surface area contributed by atoms with E-state index in [0.717, 1.165) is 12.6 Å². The highest BCUT2D eigenvalue weighted by molar-refractivity contribution is 4.74. The van der Waals surface area contributed by atoms with Gasteiger partial charge in [0.2, 0.25) is 0 Å². The Bertz CT molecular complexity index is 135. The van der Waals surface area contributed by atoms with Gasteiger partial charge in [-0.3, -0.25) is 0 Å². The average Bonchev–Trinajstić information content (AvgIpc) is 2.10. The molecule has 1 atom stereocenters. The van der Waals surface area contributed by atoms with E-state index in [2.05, 4.69) is 39.9 Å². The van der Waals surface area contributed by atoms with Gasteiger partial charge in [-0.15, -0.1) is 0 Å². The summed E-state index contributed by atoms with van der Waals surface area (Å²) in [4.78, 5) is 0. The number of nitrogens with one attached hydrogen (secondary N) is 1. The van der Waals surface area contributed by atoms with E-state index in [1.807, 2.05) is 0 Å². The molecule has 1 unspecified atom stereocenters. The van der Waals surface area contributed by atoms with Crippen LogP contribution in [0.4, 0.5) is 0 Å². The van der Waals surface area contributed by atoms with Crippen LogP contribution in [0.3, 0.4) is 0 Å². The molecule has 1 N–H and O–H groups in total. The smallest absolute Gasteiger partial charge is 0.00719 e. The van der Waals surface area contributed by atoms with Crippen LogP contribution in [-0.4, -0.2) is 12.6 Å². The lowest BCUT2D eigenvalue weighted by atomic mass is 9.86. The van der Waals surface area contributed by atoms with Gasteiger partial charge in [0, 0.05) is 6.04 Å². The summed E-state index contributed by atoms with van der Waals surface area (Å²) in [6, 6.07) is 0.729. The van der Waals surface area contributed by atoms with Gasteiger partial charge in [0.1, 0.15) is 0 Å². The molecule has 0 bridgehead atoms. The molecule has 0 saturated heterocycles. The summed E-state index contributed by atoms with van der Waals surface area (Å²) in [7, 11) is 0. The molecule has 92 valence electrons. The zero-order chi connectivity index (χ0) is 11.7. The average molecular weight is 213 g/mol. The van der Waals surface area contributed by atoms with E-state index in [1.165, 1.54) is 38.5 Å². The van der Waals surface area contributed by atoms with Crippen molar-refractivity contribution in [2.75, 3.05) is 6.54 Å². The Morgan fingerprint density at radius 1 is 1.00 bits per heavy atom. The van der Waals surface area contributed by atoms with Crippen molar-refractivity contribution in [2.45, 2.75) is 79.2 Å². The molecule has 0 aromatic heterocycles. The Kier molecular flexibility index (Phi) is 8.13. The molecule has 1 heteroatoms. The summed E-state index contributed by atoms with van der Waals surface area (Å²) >= 11 is 0. The van der Waals surface area contributed by atoms with Crippen LogP contribution in [0.25, 0.3) is 0 Å². The minimum Gasteiger partial charge on any atom is -0.314 e. The van der Waals surface area contributed by atoms with Gasteiger partial charge in [0.15, 0.2) is 0 Å². The van der Waals surface area contributed by atoms with Crippen LogP contribution in [0.15, 0.2) is 0 Å². The van der Waals surface area contributed by atoms with Gasteiger partial charge in [0.05, 0.1) is 0 Å². The van der Waals surface area contributed by atoms with Gasteiger partial charge >= 0.3 is 0 Å². The number of rotatable bonds is 8. The Balaban J connectivity index is 3.73. The van der Waals surface area contributed by atoms with Crippen LogP contribution < -0.4 is 5.32 Å². The fourth-order valence-corrected chi connectivity index (χ4v) is 2.12. The minimum absolute atomic E-state index is 0.456. The topological polar surface area (TPSA) is 12.0 Å². The lowest BCUT2D eigenvalue weighted by molar-refractivity contribution is 0.296. The third-order valence-electron chi connectivity index (χ3n) is 2.76. The van der Waals surface area contributed by atoms with Crippen molar-refractivity contribution in [1.82, 2.24) is 5.32 Å². The molecule has 0 aromatic rings. The van der Waals surface area contributed by atoms with Crippen molar-refractivity contribution in [3.05, 3.63) is 0 Å². The maximum Gasteiger partial charge on any atom is 0.00719 e. The predicted molar refractivity (Wildman–Crippen MR) is 70.3 cm³/mol. The monoisotopic (exact) mass is 213 g/mol. The molecule has 0 rings (SSSR count). The summed E-state index contributed by atoms with van der Waals surface area (Å²) < 4.78 is 0. The SMILES string of the molecule is CCCCCCC(CC(C)(C)C)NCC. The van der Waals surface area contributed by atoms with Crippen molar-refractivity contribution < 1.29 is 0 Å². The molecular formula is C14H31N. The van der Waals surface area contributed by atoms with Gasteiger partial charge in [-0.1, -0.05) is 60.3 Å². The molecule has 1 nitrogen and oxygen atoms in total. The van der Waals surface area contributed by atoms with Crippen LogP contribution in [0.2, 0.25) is 0 Å². The molecule has 0 aliphatic heterocycles. The largest absolute Gasteiger partial charge is 0.314 e. The second-order valence-corrected chi connectivity index (χ2v) is 5.87. The van der Waals surface area contributed by atoms with E-state index >= 15 is 0 Å². The van der Waals surface area contributed by atoms with E-state index in [9.17, 15) is 0 Å². The summed E-state index contributed by atoms with van der Waals surface area (Å²) in [5.74, 6) is 0. The first-order valence-corrected chi connectivity index (χ1v) is 6.73. The minimum atomic E-state index is 0.456. The summed E-state index contributed by atoms with van der Waals surface area (Å²) in [5.41, 5.74) is 0.456. The Morgan fingerprint density at radius 3 is 2.13 bits per heavy atom. The third kappa shape index (κ3) is 10.2. The van der Waals surface area contributed by atoms with Crippen LogP contribution in [0, 0.1) is 5.41 Å². The Morgan fingerprint density at radius 2 is 1.67 bits per heavy atom. The highest BCUT2D eigenvalue weighted by Gasteiger charge is 2.17. The van der Waals surface area contributed by atoms with Crippen LogP contribution in [-0.2, 0) is 0 Å². The third-order valence-corrected chi connectivity index (χ3v) is 2.76. The zero-order valence-electron chi connectivity index (χ0n) is 11.5. The number of unbranched alkanes of at least 4 members (excludes halogenated alkanes) is 3. The van der Waals surface area contributed by atoms with Crippen LogP contribution in [0.1, 0.15) is 73.1 Å². The maximum atomic E-state index is 3.62. The van der Waals surface area contributed by atoms with Crippen molar-refractivity contribution in [1.29, 1.82) is 0 Å². The van der Waals surface area contributed by atoms with Gasteiger partial charge < -0.3 is 5.32 Å².